The lowest BCUT2D eigenvalue weighted by Gasteiger charge is -2.07. The number of aromatic nitrogens is 1. The van der Waals surface area contributed by atoms with Gasteiger partial charge in [-0.15, -0.1) is 0 Å². The zero-order valence-corrected chi connectivity index (χ0v) is 12.8. The molecule has 2 rings (SSSR count). The summed E-state index contributed by atoms with van der Waals surface area (Å²) in [4.78, 5) is 16.3. The number of nitrogens with zero attached hydrogens (tertiary/aromatic N) is 1. The Kier molecular flexibility index (Phi) is 4.22. The van der Waals surface area contributed by atoms with Gasteiger partial charge in [-0.1, -0.05) is 11.6 Å². The minimum atomic E-state index is -0.200. The van der Waals surface area contributed by atoms with Gasteiger partial charge in [-0.3, -0.25) is 4.79 Å². The predicted octanol–water partition coefficient (Wildman–Crippen LogP) is 4.37. The van der Waals surface area contributed by atoms with Crippen LogP contribution in [-0.4, -0.2) is 10.9 Å². The van der Waals surface area contributed by atoms with Gasteiger partial charge in [-0.05, 0) is 65.7 Å². The molecule has 2 aromatic rings. The van der Waals surface area contributed by atoms with Crippen LogP contribution in [0.2, 0.25) is 5.02 Å². The van der Waals surface area contributed by atoms with E-state index in [-0.39, 0.29) is 5.91 Å². The summed E-state index contributed by atoms with van der Waals surface area (Å²) < 4.78 is 0.910. The first-order chi connectivity index (χ1) is 8.97. The Morgan fingerprint density at radius 3 is 2.63 bits per heavy atom. The van der Waals surface area contributed by atoms with Crippen molar-refractivity contribution in [3.05, 3.63) is 56.6 Å². The zero-order valence-electron chi connectivity index (χ0n) is 10.5. The van der Waals surface area contributed by atoms with Gasteiger partial charge in [0.05, 0.1) is 5.69 Å². The first-order valence-electron chi connectivity index (χ1n) is 5.68. The van der Waals surface area contributed by atoms with E-state index < -0.39 is 0 Å². The van der Waals surface area contributed by atoms with Crippen LogP contribution in [0.5, 0.6) is 0 Å². The highest BCUT2D eigenvalue weighted by atomic mass is 79.9. The molecule has 0 saturated carbocycles. The van der Waals surface area contributed by atoms with E-state index in [1.54, 1.807) is 24.3 Å². The minimum Gasteiger partial charge on any atom is -0.307 e. The summed E-state index contributed by atoms with van der Waals surface area (Å²) in [5, 5.41) is 3.41. The third-order valence-electron chi connectivity index (χ3n) is 2.68. The Morgan fingerprint density at radius 1 is 1.26 bits per heavy atom. The maximum Gasteiger partial charge on any atom is 0.256 e. The molecule has 0 aliphatic rings. The van der Waals surface area contributed by atoms with Crippen LogP contribution in [0.15, 0.2) is 34.8 Å². The average molecular weight is 340 g/mol. The fraction of sp³-hybridized carbons (Fsp3) is 0.143. The number of amides is 1. The number of pyridine rings is 1. The molecule has 0 radical (unpaired) electrons. The maximum absolute atomic E-state index is 12.1. The highest BCUT2D eigenvalue weighted by molar-refractivity contribution is 9.10. The predicted molar refractivity (Wildman–Crippen MR) is 80.8 cm³/mol. The number of rotatable bonds is 2. The second-order valence-corrected chi connectivity index (χ2v) is 5.44. The van der Waals surface area contributed by atoms with Crippen LogP contribution in [0.3, 0.4) is 0 Å². The number of carbonyl (C=O) groups excluding carboxylic acids is 1. The second-order valence-electron chi connectivity index (χ2n) is 4.18. The number of carbonyl (C=O) groups is 1. The number of halogens is 2. The highest BCUT2D eigenvalue weighted by Gasteiger charge is 2.09. The Balaban J connectivity index is 2.20. The van der Waals surface area contributed by atoms with Gasteiger partial charge in [0.25, 0.3) is 5.91 Å². The van der Waals surface area contributed by atoms with Crippen molar-refractivity contribution in [3.8, 4) is 0 Å². The van der Waals surface area contributed by atoms with Crippen LogP contribution in [0.4, 0.5) is 5.82 Å². The third-order valence-corrected chi connectivity index (χ3v) is 3.95. The van der Waals surface area contributed by atoms with E-state index >= 15 is 0 Å². The minimum absolute atomic E-state index is 0.200. The van der Waals surface area contributed by atoms with Gasteiger partial charge >= 0.3 is 0 Å². The monoisotopic (exact) mass is 338 g/mol. The lowest BCUT2D eigenvalue weighted by atomic mass is 10.1. The summed E-state index contributed by atoms with van der Waals surface area (Å²) in [5.74, 6) is 0.326. The first kappa shape index (κ1) is 14.0. The molecule has 0 saturated heterocycles. The van der Waals surface area contributed by atoms with Crippen LogP contribution in [0.1, 0.15) is 21.6 Å². The van der Waals surface area contributed by atoms with Crippen LogP contribution < -0.4 is 5.32 Å². The molecule has 1 amide bonds. The molecule has 0 aliphatic heterocycles. The second kappa shape index (κ2) is 5.72. The summed E-state index contributed by atoms with van der Waals surface area (Å²) in [5.41, 5.74) is 2.25. The van der Waals surface area contributed by atoms with Crippen molar-refractivity contribution in [1.29, 1.82) is 0 Å². The summed E-state index contributed by atoms with van der Waals surface area (Å²) in [6, 6.07) is 8.76. The number of aryl methyl sites for hydroxylation is 2. The fourth-order valence-electron chi connectivity index (χ4n) is 1.59. The molecule has 1 aromatic heterocycles. The van der Waals surface area contributed by atoms with E-state index in [1.165, 1.54) is 0 Å². The summed E-state index contributed by atoms with van der Waals surface area (Å²) in [6.45, 7) is 3.73. The van der Waals surface area contributed by atoms with Gasteiger partial charge < -0.3 is 5.32 Å². The van der Waals surface area contributed by atoms with E-state index in [9.17, 15) is 4.79 Å². The fourth-order valence-corrected chi connectivity index (χ4v) is 1.93. The number of hydrogen-bond acceptors (Lipinski definition) is 2. The number of nitrogens with one attached hydrogen (secondary N) is 1. The van der Waals surface area contributed by atoms with Crippen LogP contribution in [0.25, 0.3) is 0 Å². The van der Waals surface area contributed by atoms with Gasteiger partial charge in [-0.2, -0.15) is 0 Å². The van der Waals surface area contributed by atoms with E-state index in [4.69, 9.17) is 11.6 Å². The number of hydrogen-bond donors (Lipinski definition) is 1. The van der Waals surface area contributed by atoms with Crippen molar-refractivity contribution >= 4 is 39.3 Å². The molecule has 0 spiro atoms. The Hall–Kier alpha value is -1.39. The molecular formula is C14H12BrClN2O. The summed E-state index contributed by atoms with van der Waals surface area (Å²) in [6.07, 6.45) is 0. The van der Waals surface area contributed by atoms with Gasteiger partial charge in [0, 0.05) is 15.1 Å². The first-order valence-corrected chi connectivity index (χ1v) is 6.85. The largest absolute Gasteiger partial charge is 0.307 e. The van der Waals surface area contributed by atoms with Gasteiger partial charge in [0.2, 0.25) is 0 Å². The Bertz CT molecular complexity index is 643. The van der Waals surface area contributed by atoms with Crippen molar-refractivity contribution in [2.75, 3.05) is 5.32 Å². The standard InChI is InChI=1S/C14H12BrClN2O/c1-8-7-10(3-5-12(8)16)14(19)18-13-6-4-11(15)9(2)17-13/h3-7H,1-2H3,(H,17,18,19). The van der Waals surface area contributed by atoms with Crippen molar-refractivity contribution in [2.45, 2.75) is 13.8 Å². The molecule has 1 N–H and O–H groups in total. The normalized spacial score (nSPS) is 10.3. The van der Waals surface area contributed by atoms with Crippen molar-refractivity contribution in [3.63, 3.8) is 0 Å². The molecule has 98 valence electrons. The quantitative estimate of drug-likeness (QED) is 0.883. The van der Waals surface area contributed by atoms with E-state index in [2.05, 4.69) is 26.2 Å². The van der Waals surface area contributed by atoms with E-state index in [0.717, 1.165) is 15.7 Å². The average Bonchev–Trinajstić information content (AvgIpc) is 2.37. The lowest BCUT2D eigenvalue weighted by molar-refractivity contribution is 0.102. The maximum atomic E-state index is 12.1. The van der Waals surface area contributed by atoms with Crippen LogP contribution in [0, 0.1) is 13.8 Å². The van der Waals surface area contributed by atoms with Crippen molar-refractivity contribution in [1.82, 2.24) is 4.98 Å². The molecule has 5 heteroatoms. The molecule has 1 aromatic carbocycles. The molecule has 0 atom stereocenters. The van der Waals surface area contributed by atoms with E-state index in [0.29, 0.717) is 16.4 Å². The zero-order chi connectivity index (χ0) is 14.0. The van der Waals surface area contributed by atoms with Crippen LogP contribution >= 0.6 is 27.5 Å². The molecule has 0 aliphatic carbocycles. The number of benzene rings is 1. The third kappa shape index (κ3) is 3.33. The van der Waals surface area contributed by atoms with Gasteiger partial charge in [0.1, 0.15) is 5.82 Å². The molecule has 19 heavy (non-hydrogen) atoms. The molecule has 1 heterocycles. The molecule has 0 bridgehead atoms. The summed E-state index contributed by atoms with van der Waals surface area (Å²) >= 11 is 9.30. The van der Waals surface area contributed by atoms with Crippen LogP contribution in [-0.2, 0) is 0 Å². The molecule has 0 fully saturated rings. The SMILES string of the molecule is Cc1cc(C(=O)Nc2ccc(Br)c(C)n2)ccc1Cl. The molecule has 3 nitrogen and oxygen atoms in total. The van der Waals surface area contributed by atoms with Gasteiger partial charge in [0.15, 0.2) is 0 Å². The van der Waals surface area contributed by atoms with E-state index in [1.807, 2.05) is 19.9 Å². The molecule has 0 unspecified atom stereocenters. The van der Waals surface area contributed by atoms with Crippen molar-refractivity contribution in [2.24, 2.45) is 0 Å². The topological polar surface area (TPSA) is 42.0 Å². The molecular weight excluding hydrogens is 328 g/mol. The highest BCUT2D eigenvalue weighted by Crippen LogP contribution is 2.19. The number of anilines is 1. The Labute approximate surface area is 125 Å². The Morgan fingerprint density at radius 2 is 2.00 bits per heavy atom. The summed E-state index contributed by atoms with van der Waals surface area (Å²) in [7, 11) is 0. The van der Waals surface area contributed by atoms with Gasteiger partial charge in [-0.25, -0.2) is 4.98 Å². The lowest BCUT2D eigenvalue weighted by Crippen LogP contribution is -2.13. The smallest absolute Gasteiger partial charge is 0.256 e. The van der Waals surface area contributed by atoms with Crippen molar-refractivity contribution < 1.29 is 4.79 Å².